The Bertz CT molecular complexity index is 598. The summed E-state index contributed by atoms with van der Waals surface area (Å²) in [6.07, 6.45) is 1.61. The highest BCUT2D eigenvalue weighted by Gasteiger charge is 2.19. The molecule has 0 fully saturated rings. The number of oxime groups is 1. The first-order chi connectivity index (χ1) is 9.20. The fraction of sp³-hybridized carbons (Fsp3) is 0.0909. The van der Waals surface area contributed by atoms with E-state index in [1.54, 1.807) is 29.8 Å². The van der Waals surface area contributed by atoms with E-state index in [-0.39, 0.29) is 10.8 Å². The molecule has 2 heterocycles. The molecule has 0 radical (unpaired) electrons. The molecule has 0 saturated carbocycles. The lowest BCUT2D eigenvalue weighted by atomic mass is 10.3. The van der Waals surface area contributed by atoms with Crippen molar-refractivity contribution in [1.29, 1.82) is 0 Å². The molecule has 98 valence electrons. The van der Waals surface area contributed by atoms with Gasteiger partial charge in [0.1, 0.15) is 17.8 Å². The minimum Gasteiger partial charge on any atom is -0.398 e. The Labute approximate surface area is 117 Å². The zero-order valence-corrected chi connectivity index (χ0v) is 11.6. The molecule has 0 aliphatic carbocycles. The Hall–Kier alpha value is -1.93. The number of aromatic nitrogens is 2. The second kappa shape index (κ2) is 6.30. The van der Waals surface area contributed by atoms with E-state index in [1.165, 1.54) is 18.4 Å². The molecular formula is C11H10N4O2S2. The van der Waals surface area contributed by atoms with Gasteiger partial charge in [-0.3, -0.25) is 4.79 Å². The van der Waals surface area contributed by atoms with E-state index in [0.29, 0.717) is 15.9 Å². The van der Waals surface area contributed by atoms with Crippen LogP contribution in [0.3, 0.4) is 0 Å². The van der Waals surface area contributed by atoms with Crippen molar-refractivity contribution >= 4 is 39.1 Å². The Balaban J connectivity index is 2.21. The number of nitrogens with two attached hydrogens (primary N) is 1. The second-order valence-electron chi connectivity index (χ2n) is 3.25. The highest BCUT2D eigenvalue weighted by Crippen LogP contribution is 2.20. The summed E-state index contributed by atoms with van der Waals surface area (Å²) in [5, 5.41) is 6.02. The van der Waals surface area contributed by atoms with E-state index in [0.717, 1.165) is 11.8 Å². The van der Waals surface area contributed by atoms with Gasteiger partial charge >= 0.3 is 0 Å². The summed E-state index contributed by atoms with van der Waals surface area (Å²) in [6, 6.07) is 5.32. The molecule has 6 nitrogen and oxygen atoms in total. The highest BCUT2D eigenvalue weighted by atomic mass is 32.2. The average molecular weight is 294 g/mol. The highest BCUT2D eigenvalue weighted by molar-refractivity contribution is 8.15. The molecule has 19 heavy (non-hydrogen) atoms. The molecule has 2 aromatic rings. The number of hydrogen-bond donors (Lipinski definition) is 1. The van der Waals surface area contributed by atoms with Gasteiger partial charge in [0.25, 0.3) is 0 Å². The number of pyridine rings is 1. The predicted octanol–water partition coefficient (Wildman–Crippen LogP) is 1.79. The van der Waals surface area contributed by atoms with Gasteiger partial charge in [0, 0.05) is 11.6 Å². The SMILES string of the molecule is CON=C(C(=O)Sc1ccccn1)c1csc(N)n1. The number of nitrogens with zero attached hydrogens (tertiary/aromatic N) is 3. The normalized spacial score (nSPS) is 11.3. The molecule has 0 aliphatic heterocycles. The van der Waals surface area contributed by atoms with Gasteiger partial charge in [-0.15, -0.1) is 11.3 Å². The predicted molar refractivity (Wildman–Crippen MR) is 75.2 cm³/mol. The molecule has 2 aromatic heterocycles. The van der Waals surface area contributed by atoms with Crippen LogP contribution in [0.4, 0.5) is 5.13 Å². The Kier molecular flexibility index (Phi) is 4.48. The molecule has 2 N–H and O–H groups in total. The van der Waals surface area contributed by atoms with Crippen molar-refractivity contribution in [3.8, 4) is 0 Å². The summed E-state index contributed by atoms with van der Waals surface area (Å²) in [6.45, 7) is 0. The summed E-state index contributed by atoms with van der Waals surface area (Å²) in [7, 11) is 1.37. The maximum absolute atomic E-state index is 12.1. The lowest BCUT2D eigenvalue weighted by molar-refractivity contribution is -0.105. The van der Waals surface area contributed by atoms with Crippen LogP contribution >= 0.6 is 23.1 Å². The molecule has 0 saturated heterocycles. The Morgan fingerprint density at radius 1 is 1.53 bits per heavy atom. The number of carbonyl (C=O) groups is 1. The molecule has 0 aromatic carbocycles. The fourth-order valence-corrected chi connectivity index (χ4v) is 2.46. The van der Waals surface area contributed by atoms with Gasteiger partial charge in [0.05, 0.1) is 0 Å². The molecule has 0 spiro atoms. The molecule has 8 heteroatoms. The Morgan fingerprint density at radius 3 is 2.95 bits per heavy atom. The van der Waals surface area contributed by atoms with E-state index < -0.39 is 0 Å². The molecule has 0 atom stereocenters. The second-order valence-corrected chi connectivity index (χ2v) is 5.13. The molecule has 0 amide bonds. The van der Waals surface area contributed by atoms with E-state index in [2.05, 4.69) is 20.0 Å². The van der Waals surface area contributed by atoms with Gasteiger partial charge in [0.15, 0.2) is 10.8 Å². The number of carbonyl (C=O) groups excluding carboxylic acids is 1. The van der Waals surface area contributed by atoms with Crippen LogP contribution in [0.5, 0.6) is 0 Å². The quantitative estimate of drug-likeness (QED) is 0.525. The maximum Gasteiger partial charge on any atom is 0.249 e. The first-order valence-corrected chi connectivity index (χ1v) is 6.86. The number of anilines is 1. The minimum absolute atomic E-state index is 0.117. The van der Waals surface area contributed by atoms with Crippen LogP contribution in [0.15, 0.2) is 40.0 Å². The van der Waals surface area contributed by atoms with Crippen LogP contribution in [-0.2, 0) is 9.63 Å². The van der Waals surface area contributed by atoms with Crippen molar-refractivity contribution in [2.75, 3.05) is 12.8 Å². The van der Waals surface area contributed by atoms with E-state index in [9.17, 15) is 4.79 Å². The monoisotopic (exact) mass is 294 g/mol. The average Bonchev–Trinajstić information content (AvgIpc) is 2.83. The zero-order valence-electron chi connectivity index (χ0n) is 9.94. The van der Waals surface area contributed by atoms with Gasteiger partial charge < -0.3 is 10.6 Å². The van der Waals surface area contributed by atoms with Crippen LogP contribution in [0.2, 0.25) is 0 Å². The minimum atomic E-state index is -0.300. The van der Waals surface area contributed by atoms with Crippen molar-refractivity contribution in [2.45, 2.75) is 5.03 Å². The topological polar surface area (TPSA) is 90.5 Å². The third-order valence-electron chi connectivity index (χ3n) is 1.98. The Morgan fingerprint density at radius 2 is 2.37 bits per heavy atom. The molecule has 0 aliphatic rings. The first-order valence-electron chi connectivity index (χ1n) is 5.16. The van der Waals surface area contributed by atoms with E-state index in [1.807, 2.05) is 0 Å². The molecule has 0 bridgehead atoms. The summed E-state index contributed by atoms with van der Waals surface area (Å²) in [5.74, 6) is 0. The third kappa shape index (κ3) is 3.52. The van der Waals surface area contributed by atoms with Crippen molar-refractivity contribution in [3.05, 3.63) is 35.5 Å². The summed E-state index contributed by atoms with van der Waals surface area (Å²) in [4.78, 5) is 24.9. The number of hydrogen-bond acceptors (Lipinski definition) is 8. The van der Waals surface area contributed by atoms with Crippen LogP contribution in [-0.4, -0.2) is 27.9 Å². The summed E-state index contributed by atoms with van der Waals surface area (Å²) >= 11 is 2.19. The van der Waals surface area contributed by atoms with Crippen LogP contribution < -0.4 is 5.73 Å². The van der Waals surface area contributed by atoms with Gasteiger partial charge in [-0.25, -0.2) is 9.97 Å². The van der Waals surface area contributed by atoms with Gasteiger partial charge in [-0.1, -0.05) is 11.2 Å². The molecule has 2 rings (SSSR count). The number of thioether (sulfide) groups is 1. The van der Waals surface area contributed by atoms with E-state index >= 15 is 0 Å². The van der Waals surface area contributed by atoms with Crippen LogP contribution in [0.1, 0.15) is 5.69 Å². The number of nitrogen functional groups attached to an aromatic ring is 1. The number of thiazole rings is 1. The summed E-state index contributed by atoms with van der Waals surface area (Å²) < 4.78 is 0. The summed E-state index contributed by atoms with van der Waals surface area (Å²) in [5.41, 5.74) is 6.06. The van der Waals surface area contributed by atoms with Gasteiger partial charge in [-0.05, 0) is 23.9 Å². The van der Waals surface area contributed by atoms with Crippen molar-refractivity contribution in [1.82, 2.24) is 9.97 Å². The van der Waals surface area contributed by atoms with Crippen molar-refractivity contribution in [3.63, 3.8) is 0 Å². The molecule has 0 unspecified atom stereocenters. The smallest absolute Gasteiger partial charge is 0.249 e. The number of rotatable bonds is 4. The maximum atomic E-state index is 12.1. The van der Waals surface area contributed by atoms with Crippen molar-refractivity contribution in [2.24, 2.45) is 5.16 Å². The van der Waals surface area contributed by atoms with E-state index in [4.69, 9.17) is 5.73 Å². The standard InChI is InChI=1S/C11H10N4O2S2/c1-17-15-9(7-6-18-11(12)14-7)10(16)19-8-4-2-3-5-13-8/h2-6H,1H3,(H2,12,14). The zero-order chi connectivity index (χ0) is 13.7. The lowest BCUT2D eigenvalue weighted by Gasteiger charge is -2.01. The van der Waals surface area contributed by atoms with Crippen molar-refractivity contribution < 1.29 is 9.63 Å². The van der Waals surface area contributed by atoms with Gasteiger partial charge in [0.2, 0.25) is 5.12 Å². The third-order valence-corrected chi connectivity index (χ3v) is 3.48. The largest absolute Gasteiger partial charge is 0.398 e. The lowest BCUT2D eigenvalue weighted by Crippen LogP contribution is -2.13. The first kappa shape index (κ1) is 13.5. The van der Waals surface area contributed by atoms with Crippen LogP contribution in [0, 0.1) is 0 Å². The molecular weight excluding hydrogens is 284 g/mol. The van der Waals surface area contributed by atoms with Crippen LogP contribution in [0.25, 0.3) is 0 Å². The fourth-order valence-electron chi connectivity index (χ4n) is 1.23. The van der Waals surface area contributed by atoms with Gasteiger partial charge in [-0.2, -0.15) is 0 Å².